The molecule has 1 aliphatic heterocycles. The zero-order valence-electron chi connectivity index (χ0n) is 16.2. The summed E-state index contributed by atoms with van der Waals surface area (Å²) in [7, 11) is -0.746. The van der Waals surface area contributed by atoms with E-state index in [1.165, 1.54) is 0 Å². The average Bonchev–Trinajstić information content (AvgIpc) is 3.23. The Hall–Kier alpha value is -2.61. The molecule has 4 aromatic rings. The first kappa shape index (κ1) is 19.4. The smallest absolute Gasteiger partial charge is 0.263 e. The maximum absolute atomic E-state index is 13.3. The maximum atomic E-state index is 13.3. The van der Waals surface area contributed by atoms with Crippen LogP contribution in [0.4, 0.5) is 0 Å². The Morgan fingerprint density at radius 3 is 2.63 bits per heavy atom. The molecule has 0 bridgehead atoms. The summed E-state index contributed by atoms with van der Waals surface area (Å²) >= 11 is 6.35. The molecular weight excluding hydrogens is 420 g/mol. The lowest BCUT2D eigenvalue weighted by atomic mass is 10.2. The number of hydrogen-bond acceptors (Lipinski definition) is 4. The SMILES string of the molecule is O=C(c1cn2c3ccccc3c(=O)n(Cc3ccccc3Cl)c2n1)[SH]1CCNCC1. The van der Waals surface area contributed by atoms with Crippen molar-refractivity contribution in [3.8, 4) is 0 Å². The highest BCUT2D eigenvalue weighted by molar-refractivity contribution is 8.30. The van der Waals surface area contributed by atoms with Crippen LogP contribution in [0.3, 0.4) is 0 Å². The van der Waals surface area contributed by atoms with E-state index in [0.717, 1.165) is 35.7 Å². The van der Waals surface area contributed by atoms with Gasteiger partial charge in [-0.25, -0.2) is 4.98 Å². The fourth-order valence-electron chi connectivity index (χ4n) is 3.91. The molecule has 6 nitrogen and oxygen atoms in total. The zero-order chi connectivity index (χ0) is 20.7. The average molecular weight is 441 g/mol. The number of rotatable bonds is 3. The second-order valence-corrected chi connectivity index (χ2v) is 10.1. The summed E-state index contributed by atoms with van der Waals surface area (Å²) in [6.45, 7) is 2.02. The van der Waals surface area contributed by atoms with Crippen molar-refractivity contribution >= 4 is 44.3 Å². The summed E-state index contributed by atoms with van der Waals surface area (Å²) in [6.07, 6.45) is 1.78. The third kappa shape index (κ3) is 3.33. The lowest BCUT2D eigenvalue weighted by molar-refractivity contribution is 0.108. The van der Waals surface area contributed by atoms with E-state index in [4.69, 9.17) is 11.6 Å². The van der Waals surface area contributed by atoms with Crippen molar-refractivity contribution in [3.05, 3.63) is 81.4 Å². The van der Waals surface area contributed by atoms with Crippen LogP contribution in [0.2, 0.25) is 5.02 Å². The van der Waals surface area contributed by atoms with Crippen molar-refractivity contribution in [1.29, 1.82) is 0 Å². The lowest BCUT2D eigenvalue weighted by Crippen LogP contribution is -2.31. The van der Waals surface area contributed by atoms with Gasteiger partial charge in [0, 0.05) is 24.3 Å². The molecule has 30 heavy (non-hydrogen) atoms. The number of benzene rings is 2. The van der Waals surface area contributed by atoms with Crippen LogP contribution in [0.25, 0.3) is 16.7 Å². The summed E-state index contributed by atoms with van der Waals surface area (Å²) < 4.78 is 3.47. The van der Waals surface area contributed by atoms with Crippen molar-refractivity contribution in [2.45, 2.75) is 6.54 Å². The fraction of sp³-hybridized carbons (Fsp3) is 0.227. The zero-order valence-corrected chi connectivity index (χ0v) is 17.9. The van der Waals surface area contributed by atoms with Gasteiger partial charge in [-0.3, -0.25) is 18.6 Å². The van der Waals surface area contributed by atoms with Gasteiger partial charge in [0.2, 0.25) is 10.9 Å². The molecule has 1 saturated heterocycles. The number of para-hydroxylation sites is 1. The van der Waals surface area contributed by atoms with Crippen LogP contribution >= 0.6 is 22.5 Å². The van der Waals surface area contributed by atoms with E-state index in [-0.39, 0.29) is 17.2 Å². The molecule has 0 amide bonds. The lowest BCUT2D eigenvalue weighted by Gasteiger charge is -2.24. The van der Waals surface area contributed by atoms with Gasteiger partial charge >= 0.3 is 0 Å². The number of carbonyl (C=O) groups excluding carboxylic acids is 1. The number of carbonyl (C=O) groups is 1. The Kier molecular flexibility index (Phi) is 5.10. The fourth-order valence-corrected chi connectivity index (χ4v) is 6.02. The van der Waals surface area contributed by atoms with Crippen LogP contribution in [0.15, 0.2) is 59.5 Å². The first-order valence-electron chi connectivity index (χ1n) is 9.87. The van der Waals surface area contributed by atoms with E-state index in [2.05, 4.69) is 10.3 Å². The predicted molar refractivity (Wildman–Crippen MR) is 123 cm³/mol. The van der Waals surface area contributed by atoms with Crippen molar-refractivity contribution in [2.24, 2.45) is 0 Å². The van der Waals surface area contributed by atoms with Gasteiger partial charge < -0.3 is 5.32 Å². The standard InChI is InChI=1S/C22H21ClN4O2S/c23-17-7-3-1-5-15(17)13-27-20(28)16-6-2-4-8-19(16)26-14-18(25-22(26)27)21(29)30-11-9-24-10-12-30/h1-8,14,24,30H,9-13H2. The van der Waals surface area contributed by atoms with E-state index < -0.39 is 10.9 Å². The van der Waals surface area contributed by atoms with Gasteiger partial charge in [0.15, 0.2) is 0 Å². The van der Waals surface area contributed by atoms with Crippen LogP contribution in [0.5, 0.6) is 0 Å². The summed E-state index contributed by atoms with van der Waals surface area (Å²) in [5, 5.41) is 4.59. The molecule has 0 unspecified atom stereocenters. The van der Waals surface area contributed by atoms with Crippen LogP contribution < -0.4 is 10.9 Å². The van der Waals surface area contributed by atoms with Crippen molar-refractivity contribution < 1.29 is 4.79 Å². The van der Waals surface area contributed by atoms with Gasteiger partial charge in [0.25, 0.3) is 5.56 Å². The first-order valence-corrected chi connectivity index (χ1v) is 12.0. The molecule has 8 heteroatoms. The van der Waals surface area contributed by atoms with Crippen LogP contribution in [-0.2, 0) is 6.54 Å². The van der Waals surface area contributed by atoms with Crippen LogP contribution in [-0.4, -0.2) is 43.7 Å². The molecule has 154 valence electrons. The van der Waals surface area contributed by atoms with E-state index in [1.807, 2.05) is 40.8 Å². The predicted octanol–water partition coefficient (Wildman–Crippen LogP) is 3.10. The van der Waals surface area contributed by atoms with Crippen molar-refractivity contribution in [1.82, 2.24) is 19.3 Å². The molecule has 3 heterocycles. The highest BCUT2D eigenvalue weighted by Crippen LogP contribution is 2.31. The molecule has 5 rings (SSSR count). The van der Waals surface area contributed by atoms with E-state index in [0.29, 0.717) is 21.9 Å². The van der Waals surface area contributed by atoms with E-state index in [9.17, 15) is 9.59 Å². The third-order valence-electron chi connectivity index (χ3n) is 5.48. The molecular formula is C22H21ClN4O2S. The number of aromatic nitrogens is 3. The highest BCUT2D eigenvalue weighted by Gasteiger charge is 2.23. The largest absolute Gasteiger partial charge is 0.315 e. The Morgan fingerprint density at radius 1 is 1.10 bits per heavy atom. The minimum atomic E-state index is -0.746. The highest BCUT2D eigenvalue weighted by atomic mass is 35.5. The summed E-state index contributed by atoms with van der Waals surface area (Å²) in [4.78, 5) is 31.1. The number of nitrogens with one attached hydrogen (secondary N) is 1. The second-order valence-electron chi connectivity index (χ2n) is 7.34. The molecule has 1 aliphatic rings. The molecule has 0 aliphatic carbocycles. The number of thiol groups is 1. The monoisotopic (exact) mass is 440 g/mol. The molecule has 2 aromatic heterocycles. The summed E-state index contributed by atoms with van der Waals surface area (Å²) in [6, 6.07) is 14.9. The molecule has 1 N–H and O–H groups in total. The normalized spacial score (nSPS) is 15.7. The number of halogens is 1. The van der Waals surface area contributed by atoms with Crippen LogP contribution in [0, 0.1) is 0 Å². The third-order valence-corrected chi connectivity index (χ3v) is 8.18. The Balaban J connectivity index is 1.70. The number of imidazole rings is 1. The Bertz CT molecular complexity index is 1320. The summed E-state index contributed by atoms with van der Waals surface area (Å²) in [5.41, 5.74) is 1.87. The minimum absolute atomic E-state index is 0.107. The van der Waals surface area contributed by atoms with Gasteiger partial charge in [-0.2, -0.15) is 10.9 Å². The molecule has 1 fully saturated rings. The Morgan fingerprint density at radius 2 is 1.83 bits per heavy atom. The molecule has 2 aromatic carbocycles. The quantitative estimate of drug-likeness (QED) is 0.480. The summed E-state index contributed by atoms with van der Waals surface area (Å²) in [5.74, 6) is 2.21. The number of hydrogen-bond donors (Lipinski definition) is 2. The van der Waals surface area contributed by atoms with Gasteiger partial charge in [-0.05, 0) is 35.3 Å². The second kappa shape index (κ2) is 7.91. The molecule has 0 spiro atoms. The van der Waals surface area contributed by atoms with E-state index in [1.54, 1.807) is 22.9 Å². The number of nitrogens with zero attached hydrogens (tertiary/aromatic N) is 3. The first-order chi connectivity index (χ1) is 14.6. The molecule has 0 atom stereocenters. The van der Waals surface area contributed by atoms with Gasteiger partial charge in [0.1, 0.15) is 5.69 Å². The molecule has 0 saturated carbocycles. The van der Waals surface area contributed by atoms with Crippen LogP contribution in [0.1, 0.15) is 16.1 Å². The van der Waals surface area contributed by atoms with Crippen molar-refractivity contribution in [2.75, 3.05) is 24.6 Å². The number of fused-ring (bicyclic) bond motifs is 3. The van der Waals surface area contributed by atoms with Crippen molar-refractivity contribution in [3.63, 3.8) is 0 Å². The minimum Gasteiger partial charge on any atom is -0.315 e. The van der Waals surface area contributed by atoms with E-state index >= 15 is 0 Å². The van der Waals surface area contributed by atoms with Gasteiger partial charge in [-0.15, -0.1) is 0 Å². The maximum Gasteiger partial charge on any atom is 0.263 e. The van der Waals surface area contributed by atoms with Gasteiger partial charge in [0.05, 0.1) is 17.4 Å². The Labute approximate surface area is 180 Å². The topological polar surface area (TPSA) is 68.4 Å². The van der Waals surface area contributed by atoms with Gasteiger partial charge in [-0.1, -0.05) is 41.9 Å². The molecule has 0 radical (unpaired) electrons.